The maximum Gasteiger partial charge on any atom is 0.312 e. The smallest absolute Gasteiger partial charge is 0.312 e. The number of aromatic nitrogens is 1. The van der Waals surface area contributed by atoms with Crippen molar-refractivity contribution in [2.24, 2.45) is 5.41 Å². The van der Waals surface area contributed by atoms with Gasteiger partial charge in [-0.1, -0.05) is 0 Å². The van der Waals surface area contributed by atoms with Crippen LogP contribution in [0.2, 0.25) is 0 Å². The van der Waals surface area contributed by atoms with Crippen molar-refractivity contribution in [1.82, 2.24) is 15.6 Å². The molecule has 23 heavy (non-hydrogen) atoms. The molecule has 7 heteroatoms. The van der Waals surface area contributed by atoms with Crippen LogP contribution in [0.1, 0.15) is 29.6 Å². The van der Waals surface area contributed by atoms with Gasteiger partial charge in [-0.3, -0.25) is 9.59 Å². The van der Waals surface area contributed by atoms with Crippen LogP contribution < -0.4 is 16.0 Å². The number of anilines is 1. The normalized spacial score (nSPS) is 22.7. The molecule has 2 aliphatic rings. The number of carbonyl (C=O) groups is 2. The van der Waals surface area contributed by atoms with E-state index < -0.39 is 0 Å². The molecule has 0 bridgehead atoms. The largest absolute Gasteiger partial charge is 0.460 e. The average molecular weight is 318 g/mol. The lowest BCUT2D eigenvalue weighted by atomic mass is 9.76. The third-order valence-corrected chi connectivity index (χ3v) is 4.66. The molecule has 3 rings (SSSR count). The molecule has 7 nitrogen and oxygen atoms in total. The summed E-state index contributed by atoms with van der Waals surface area (Å²) in [5.41, 5.74) is 0.140. The number of hydrogen-bond acceptors (Lipinski definition) is 6. The number of pyridine rings is 1. The molecule has 0 saturated carbocycles. The predicted molar refractivity (Wildman–Crippen MR) is 85.2 cm³/mol. The summed E-state index contributed by atoms with van der Waals surface area (Å²) in [6.45, 7) is 2.03. The van der Waals surface area contributed by atoms with E-state index >= 15 is 0 Å². The van der Waals surface area contributed by atoms with Crippen molar-refractivity contribution in [3.63, 3.8) is 0 Å². The van der Waals surface area contributed by atoms with E-state index in [9.17, 15) is 9.59 Å². The van der Waals surface area contributed by atoms with Gasteiger partial charge in [0.1, 0.15) is 11.9 Å². The van der Waals surface area contributed by atoms with E-state index in [4.69, 9.17) is 4.74 Å². The highest BCUT2D eigenvalue weighted by Gasteiger charge is 2.49. The van der Waals surface area contributed by atoms with E-state index in [1.807, 2.05) is 0 Å². The van der Waals surface area contributed by atoms with Crippen molar-refractivity contribution in [2.75, 3.05) is 32.0 Å². The maximum atomic E-state index is 12.2. The number of nitrogens with one attached hydrogen (secondary N) is 3. The quantitative estimate of drug-likeness (QED) is 0.702. The van der Waals surface area contributed by atoms with Crippen molar-refractivity contribution in [1.29, 1.82) is 0 Å². The first-order valence-corrected chi connectivity index (χ1v) is 7.97. The van der Waals surface area contributed by atoms with Gasteiger partial charge in [-0.05, 0) is 38.1 Å². The minimum atomic E-state index is -0.351. The maximum absolute atomic E-state index is 12.2. The van der Waals surface area contributed by atoms with Gasteiger partial charge < -0.3 is 20.7 Å². The van der Waals surface area contributed by atoms with Crippen LogP contribution in [0.15, 0.2) is 18.3 Å². The van der Waals surface area contributed by atoms with E-state index in [2.05, 4.69) is 20.9 Å². The number of carbonyl (C=O) groups excluding carboxylic acids is 2. The average Bonchev–Trinajstić information content (AvgIpc) is 2.89. The molecule has 124 valence electrons. The molecule has 1 unspecified atom stereocenters. The lowest BCUT2D eigenvalue weighted by Crippen LogP contribution is -2.39. The Morgan fingerprint density at radius 1 is 1.43 bits per heavy atom. The zero-order chi connectivity index (χ0) is 16.3. The van der Waals surface area contributed by atoms with E-state index in [-0.39, 0.29) is 23.4 Å². The molecule has 0 aliphatic carbocycles. The summed E-state index contributed by atoms with van der Waals surface area (Å²) in [7, 11) is 1.77. The molecule has 2 fully saturated rings. The number of ether oxygens (including phenoxy) is 1. The van der Waals surface area contributed by atoms with Crippen LogP contribution >= 0.6 is 0 Å². The van der Waals surface area contributed by atoms with Crippen LogP contribution in [0.5, 0.6) is 0 Å². The topological polar surface area (TPSA) is 92.4 Å². The van der Waals surface area contributed by atoms with Gasteiger partial charge in [0, 0.05) is 19.7 Å². The Bertz CT molecular complexity index is 581. The molecule has 1 aromatic rings. The van der Waals surface area contributed by atoms with E-state index in [0.29, 0.717) is 24.3 Å². The van der Waals surface area contributed by atoms with Gasteiger partial charge in [-0.25, -0.2) is 4.98 Å². The zero-order valence-corrected chi connectivity index (χ0v) is 13.2. The molecule has 0 radical (unpaired) electrons. The summed E-state index contributed by atoms with van der Waals surface area (Å²) in [6, 6.07) is 3.46. The summed E-state index contributed by atoms with van der Waals surface area (Å²) in [5.74, 6) is 0.389. The highest BCUT2D eigenvalue weighted by molar-refractivity contribution is 5.94. The van der Waals surface area contributed by atoms with Gasteiger partial charge >= 0.3 is 5.97 Å². The third kappa shape index (κ3) is 3.29. The molecule has 0 aromatic carbocycles. The first kappa shape index (κ1) is 15.7. The predicted octanol–water partition coefficient (Wildman–Crippen LogP) is 0.538. The lowest BCUT2D eigenvalue weighted by molar-refractivity contribution is -0.149. The Balaban J connectivity index is 1.54. The monoisotopic (exact) mass is 318 g/mol. The van der Waals surface area contributed by atoms with Crippen LogP contribution in [0.25, 0.3) is 0 Å². The first-order valence-electron chi connectivity index (χ1n) is 7.97. The van der Waals surface area contributed by atoms with E-state index in [1.54, 1.807) is 19.2 Å². The van der Waals surface area contributed by atoms with Gasteiger partial charge in [0.15, 0.2) is 0 Å². The highest BCUT2D eigenvalue weighted by atomic mass is 16.6. The SMILES string of the molecule is CNc1ccc(C(=O)NCC2CC3(CCNCC3)C(=O)O2)cn1. The van der Waals surface area contributed by atoms with Gasteiger partial charge in [0.2, 0.25) is 0 Å². The molecule has 3 heterocycles. The Morgan fingerprint density at radius 2 is 2.22 bits per heavy atom. The second-order valence-corrected chi connectivity index (χ2v) is 6.15. The Kier molecular flexibility index (Phi) is 4.47. The molecule has 2 aliphatic heterocycles. The zero-order valence-electron chi connectivity index (χ0n) is 13.2. The minimum absolute atomic E-state index is 0.113. The summed E-state index contributed by atoms with van der Waals surface area (Å²) in [4.78, 5) is 28.4. The van der Waals surface area contributed by atoms with Crippen molar-refractivity contribution in [3.05, 3.63) is 23.9 Å². The Morgan fingerprint density at radius 3 is 2.87 bits per heavy atom. The van der Waals surface area contributed by atoms with E-state index in [1.165, 1.54) is 6.20 Å². The number of nitrogens with zero attached hydrogens (tertiary/aromatic N) is 1. The molecule has 1 aromatic heterocycles. The Hall–Kier alpha value is -2.15. The lowest BCUT2D eigenvalue weighted by Gasteiger charge is -2.29. The number of piperidine rings is 1. The van der Waals surface area contributed by atoms with Crippen molar-refractivity contribution >= 4 is 17.7 Å². The fraction of sp³-hybridized carbons (Fsp3) is 0.562. The summed E-state index contributed by atoms with van der Waals surface area (Å²) in [5, 5.41) is 8.99. The molecule has 1 amide bonds. The van der Waals surface area contributed by atoms with Crippen LogP contribution in [0.3, 0.4) is 0 Å². The van der Waals surface area contributed by atoms with Crippen LogP contribution in [-0.2, 0) is 9.53 Å². The van der Waals surface area contributed by atoms with Crippen LogP contribution in [-0.4, -0.2) is 49.6 Å². The van der Waals surface area contributed by atoms with E-state index in [0.717, 1.165) is 25.9 Å². The molecular weight excluding hydrogens is 296 g/mol. The summed E-state index contributed by atoms with van der Waals surface area (Å²) < 4.78 is 5.47. The molecule has 2 saturated heterocycles. The van der Waals surface area contributed by atoms with Crippen LogP contribution in [0, 0.1) is 5.41 Å². The van der Waals surface area contributed by atoms with Gasteiger partial charge in [-0.2, -0.15) is 0 Å². The van der Waals surface area contributed by atoms with Gasteiger partial charge in [0.05, 0.1) is 17.5 Å². The highest BCUT2D eigenvalue weighted by Crippen LogP contribution is 2.41. The number of hydrogen-bond donors (Lipinski definition) is 3. The van der Waals surface area contributed by atoms with Crippen molar-refractivity contribution in [2.45, 2.75) is 25.4 Å². The second kappa shape index (κ2) is 6.54. The summed E-state index contributed by atoms with van der Waals surface area (Å²) in [6.07, 6.45) is 3.59. The number of rotatable bonds is 4. The standard InChI is InChI=1S/C16H22N4O3/c1-17-13-3-2-11(9-19-13)14(21)20-10-12-8-16(15(22)23-12)4-6-18-7-5-16/h2-3,9,12,18H,4-8,10H2,1H3,(H,17,19)(H,20,21). The number of esters is 1. The molecule has 1 atom stereocenters. The molecule has 1 spiro atoms. The van der Waals surface area contributed by atoms with Crippen molar-refractivity contribution < 1.29 is 14.3 Å². The molecular formula is C16H22N4O3. The van der Waals surface area contributed by atoms with Gasteiger partial charge in [-0.15, -0.1) is 0 Å². The molecule has 3 N–H and O–H groups in total. The fourth-order valence-corrected chi connectivity index (χ4v) is 3.25. The third-order valence-electron chi connectivity index (χ3n) is 4.66. The van der Waals surface area contributed by atoms with Gasteiger partial charge in [0.25, 0.3) is 5.91 Å². The van der Waals surface area contributed by atoms with Crippen LogP contribution in [0.4, 0.5) is 5.82 Å². The summed E-state index contributed by atoms with van der Waals surface area (Å²) >= 11 is 0. The first-order chi connectivity index (χ1) is 11.1. The Labute approximate surface area is 135 Å². The second-order valence-electron chi connectivity index (χ2n) is 6.15. The number of amides is 1. The number of cyclic esters (lactones) is 1. The minimum Gasteiger partial charge on any atom is -0.460 e. The van der Waals surface area contributed by atoms with Crippen molar-refractivity contribution in [3.8, 4) is 0 Å². The fourth-order valence-electron chi connectivity index (χ4n) is 3.25.